The molecule has 0 aromatic rings. The van der Waals surface area contributed by atoms with Crippen LogP contribution in [0.1, 0.15) is 58.8 Å². The Morgan fingerprint density at radius 1 is 1.03 bits per heavy atom. The molecule has 0 N–H and O–H groups in total. The number of carbonyl (C=O) groups excluding carboxylic acids is 3. The average molecular weight is 402 g/mol. The predicted octanol–water partition coefficient (Wildman–Crippen LogP) is 3.50. The van der Waals surface area contributed by atoms with Crippen LogP contribution in [0.5, 0.6) is 0 Å². The van der Waals surface area contributed by atoms with Gasteiger partial charge in [0.2, 0.25) is 0 Å². The molecule has 4 bridgehead atoms. The molecule has 1 heterocycles. The van der Waals surface area contributed by atoms with Crippen molar-refractivity contribution in [2.45, 2.75) is 70.0 Å². The Labute approximate surface area is 171 Å². The molecular formula is C23H30O6. The molecule has 0 amide bonds. The second kappa shape index (κ2) is 7.29. The lowest BCUT2D eigenvalue weighted by Gasteiger charge is -2.59. The maximum Gasteiger partial charge on any atom is 0.338 e. The van der Waals surface area contributed by atoms with E-state index in [0.29, 0.717) is 18.3 Å². The summed E-state index contributed by atoms with van der Waals surface area (Å²) in [5.41, 5.74) is -1.19. The third-order valence-electron chi connectivity index (χ3n) is 7.51. The molecule has 0 spiro atoms. The Morgan fingerprint density at radius 3 is 2.24 bits per heavy atom. The van der Waals surface area contributed by atoms with Crippen LogP contribution >= 0.6 is 0 Å². The monoisotopic (exact) mass is 402 g/mol. The highest BCUT2D eigenvalue weighted by atomic mass is 16.6. The van der Waals surface area contributed by atoms with Gasteiger partial charge in [-0.2, -0.15) is 0 Å². The van der Waals surface area contributed by atoms with Crippen LogP contribution in [-0.2, 0) is 28.6 Å². The summed E-state index contributed by atoms with van der Waals surface area (Å²) < 4.78 is 16.3. The van der Waals surface area contributed by atoms with Crippen molar-refractivity contribution in [2.75, 3.05) is 6.61 Å². The molecule has 0 radical (unpaired) electrons. The summed E-state index contributed by atoms with van der Waals surface area (Å²) in [5, 5.41) is 0. The summed E-state index contributed by atoms with van der Waals surface area (Å²) in [6.45, 7) is 7.78. The fourth-order valence-corrected chi connectivity index (χ4v) is 5.98. The van der Waals surface area contributed by atoms with Crippen molar-refractivity contribution < 1.29 is 28.6 Å². The number of esters is 3. The van der Waals surface area contributed by atoms with Gasteiger partial charge in [0.15, 0.2) is 0 Å². The maximum absolute atomic E-state index is 12.7. The van der Waals surface area contributed by atoms with E-state index in [1.165, 1.54) is 18.6 Å². The summed E-state index contributed by atoms with van der Waals surface area (Å²) >= 11 is 0. The number of ether oxygens (including phenoxy) is 3. The number of hydrogen-bond donors (Lipinski definition) is 0. The zero-order chi connectivity index (χ0) is 20.8. The van der Waals surface area contributed by atoms with E-state index in [9.17, 15) is 14.4 Å². The number of rotatable bonds is 5. The minimum atomic E-state index is -0.882. The van der Waals surface area contributed by atoms with Crippen molar-refractivity contribution in [3.63, 3.8) is 0 Å². The van der Waals surface area contributed by atoms with E-state index < -0.39 is 23.1 Å². The highest BCUT2D eigenvalue weighted by Crippen LogP contribution is 2.59. The van der Waals surface area contributed by atoms with Crippen molar-refractivity contribution >= 4 is 17.9 Å². The van der Waals surface area contributed by atoms with Gasteiger partial charge in [0.1, 0.15) is 11.2 Å². The third-order valence-corrected chi connectivity index (χ3v) is 7.51. The van der Waals surface area contributed by atoms with Gasteiger partial charge in [-0.25, -0.2) is 9.59 Å². The van der Waals surface area contributed by atoms with Crippen LogP contribution in [0, 0.1) is 23.7 Å². The summed E-state index contributed by atoms with van der Waals surface area (Å²) in [5.74, 6) is 0.966. The van der Waals surface area contributed by atoms with Crippen LogP contribution in [0.3, 0.4) is 0 Å². The van der Waals surface area contributed by atoms with Crippen molar-refractivity contribution in [3.8, 4) is 0 Å². The molecule has 6 nitrogen and oxygen atoms in total. The Bertz CT molecular complexity index is 737. The van der Waals surface area contributed by atoms with E-state index in [1.807, 2.05) is 0 Å². The topological polar surface area (TPSA) is 78.9 Å². The molecule has 5 aliphatic rings. The molecule has 1 unspecified atom stereocenters. The Hall–Kier alpha value is -2.11. The summed E-state index contributed by atoms with van der Waals surface area (Å²) in [6, 6.07) is 0. The molecule has 29 heavy (non-hydrogen) atoms. The second-order valence-corrected chi connectivity index (χ2v) is 9.75. The number of hydrogen-bond acceptors (Lipinski definition) is 6. The predicted molar refractivity (Wildman–Crippen MR) is 105 cm³/mol. The van der Waals surface area contributed by atoms with Gasteiger partial charge in [-0.3, -0.25) is 4.79 Å². The average Bonchev–Trinajstić information content (AvgIpc) is 2.63. The van der Waals surface area contributed by atoms with E-state index in [1.54, 1.807) is 6.92 Å². The van der Waals surface area contributed by atoms with Crippen molar-refractivity contribution in [1.29, 1.82) is 0 Å². The third kappa shape index (κ3) is 3.99. The van der Waals surface area contributed by atoms with Crippen LogP contribution < -0.4 is 0 Å². The van der Waals surface area contributed by atoms with E-state index in [4.69, 9.17) is 14.2 Å². The molecular weight excluding hydrogens is 372 g/mol. The standard InChI is InChI=1S/C23H30O6/c1-14(4-5-19(24)28-22(2)6-7-27-20(25)13-22)21(26)29-23(3)17-9-15-8-16(11-17)12-18(23)10-15/h4-5,15-18H,1,6-13H2,2-3H3. The van der Waals surface area contributed by atoms with Gasteiger partial charge in [-0.15, -0.1) is 0 Å². The van der Waals surface area contributed by atoms with E-state index in [0.717, 1.165) is 37.5 Å². The Morgan fingerprint density at radius 2 is 1.66 bits per heavy atom. The minimum absolute atomic E-state index is 0.0265. The molecule has 0 aromatic carbocycles. The Kier molecular flexibility index (Phi) is 5.07. The molecule has 4 saturated carbocycles. The summed E-state index contributed by atoms with van der Waals surface area (Å²) in [4.78, 5) is 36.2. The SMILES string of the molecule is C=C(C=CC(=O)OC1(C)CCOC(=O)C1)C(=O)OC1(C)C2CC3CC(C2)CC1C3. The lowest BCUT2D eigenvalue weighted by atomic mass is 9.50. The lowest BCUT2D eigenvalue weighted by molar-refractivity contribution is -0.199. The van der Waals surface area contributed by atoms with Gasteiger partial charge in [-0.05, 0) is 75.7 Å². The van der Waals surface area contributed by atoms with E-state index >= 15 is 0 Å². The second-order valence-electron chi connectivity index (χ2n) is 9.75. The molecule has 1 saturated heterocycles. The molecule has 0 aromatic heterocycles. The summed E-state index contributed by atoms with van der Waals surface area (Å²) in [7, 11) is 0. The quantitative estimate of drug-likeness (QED) is 0.303. The maximum atomic E-state index is 12.7. The smallest absolute Gasteiger partial charge is 0.338 e. The first-order valence-electron chi connectivity index (χ1n) is 10.7. The van der Waals surface area contributed by atoms with Crippen LogP contribution in [-0.4, -0.2) is 35.7 Å². The van der Waals surface area contributed by atoms with E-state index in [2.05, 4.69) is 13.5 Å². The first kappa shape index (κ1) is 20.2. The molecule has 6 heteroatoms. The highest BCUT2D eigenvalue weighted by molar-refractivity contribution is 5.93. The van der Waals surface area contributed by atoms with Gasteiger partial charge in [-0.1, -0.05) is 6.58 Å². The molecule has 1 aliphatic heterocycles. The molecule has 4 aliphatic carbocycles. The zero-order valence-corrected chi connectivity index (χ0v) is 17.3. The van der Waals surface area contributed by atoms with Crippen molar-refractivity contribution in [2.24, 2.45) is 23.7 Å². The zero-order valence-electron chi connectivity index (χ0n) is 17.3. The van der Waals surface area contributed by atoms with Gasteiger partial charge >= 0.3 is 17.9 Å². The highest BCUT2D eigenvalue weighted by Gasteiger charge is 2.57. The summed E-state index contributed by atoms with van der Waals surface area (Å²) in [6.07, 6.45) is 8.91. The first-order valence-corrected chi connectivity index (χ1v) is 10.7. The largest absolute Gasteiger partial charge is 0.465 e. The van der Waals surface area contributed by atoms with Crippen molar-refractivity contribution in [3.05, 3.63) is 24.3 Å². The van der Waals surface area contributed by atoms with Crippen LogP contribution in [0.25, 0.3) is 0 Å². The van der Waals surface area contributed by atoms with Gasteiger partial charge in [0.05, 0.1) is 18.6 Å². The van der Waals surface area contributed by atoms with E-state index in [-0.39, 0.29) is 24.6 Å². The van der Waals surface area contributed by atoms with Crippen LogP contribution in [0.2, 0.25) is 0 Å². The molecule has 5 fully saturated rings. The minimum Gasteiger partial charge on any atom is -0.465 e. The fourth-order valence-electron chi connectivity index (χ4n) is 5.98. The molecule has 5 rings (SSSR count). The molecule has 158 valence electrons. The lowest BCUT2D eigenvalue weighted by Crippen LogP contribution is -2.58. The van der Waals surface area contributed by atoms with Gasteiger partial charge < -0.3 is 14.2 Å². The van der Waals surface area contributed by atoms with Crippen LogP contribution in [0.4, 0.5) is 0 Å². The number of cyclic esters (lactones) is 1. The normalized spacial score (nSPS) is 40.6. The van der Waals surface area contributed by atoms with Gasteiger partial charge in [0.25, 0.3) is 0 Å². The van der Waals surface area contributed by atoms with Crippen molar-refractivity contribution in [1.82, 2.24) is 0 Å². The Balaban J connectivity index is 1.33. The molecule has 1 atom stereocenters. The first-order chi connectivity index (χ1) is 13.7. The number of carbonyl (C=O) groups is 3. The van der Waals surface area contributed by atoms with Gasteiger partial charge in [0, 0.05) is 12.5 Å². The fraction of sp³-hybridized carbons (Fsp3) is 0.696. The van der Waals surface area contributed by atoms with Crippen LogP contribution in [0.15, 0.2) is 24.3 Å².